The number of carbonyl (C=O) groups excluding carboxylic acids is 8. The maximum Gasteiger partial charge on any atom is 0.330 e. The van der Waals surface area contributed by atoms with Crippen LogP contribution < -0.4 is 62.9 Å². The third kappa shape index (κ3) is 15.3. The number of likely N-dealkylation sites (N-methyl/N-ethyl adjacent to an activating group) is 1. The van der Waals surface area contributed by atoms with E-state index < -0.39 is 226 Å². The fraction of sp³-hybridized carbons (Fsp3) is 0.409. The average Bonchev–Trinajstić information content (AvgIpc) is 0.770. The molecule has 11 bridgehead atoms. The lowest BCUT2D eigenvalue weighted by atomic mass is 9.88. The van der Waals surface area contributed by atoms with Crippen molar-refractivity contribution in [2.45, 2.75) is 150 Å². The van der Waals surface area contributed by atoms with E-state index in [0.717, 1.165) is 42.5 Å². The highest BCUT2D eigenvalue weighted by atomic mass is 16.7. The van der Waals surface area contributed by atoms with E-state index in [9.17, 15) is 69.9 Å². The van der Waals surface area contributed by atoms with Crippen molar-refractivity contribution in [1.82, 2.24) is 37.2 Å². The molecule has 0 aliphatic carbocycles. The van der Waals surface area contributed by atoms with Gasteiger partial charge in [0.2, 0.25) is 53.4 Å². The van der Waals surface area contributed by atoms with Crippen molar-refractivity contribution in [2.75, 3.05) is 13.7 Å². The molecule has 5 aromatic rings. The lowest BCUT2D eigenvalue weighted by Crippen LogP contribution is -2.60. The number of carbonyl (C=O) groups is 9. The first-order chi connectivity index (χ1) is 46.8. The molecule has 0 aromatic heterocycles. The topological polar surface area (TPSA) is 527 Å². The number of aromatic hydroxyl groups is 3. The number of carboxylic acid groups (broad SMARTS) is 1. The summed E-state index contributed by atoms with van der Waals surface area (Å²) in [5.74, 6) is -15.4. The smallest absolute Gasteiger partial charge is 0.330 e. The monoisotopic (exact) mass is 1380 g/mol. The molecule has 0 saturated carbocycles. The Balaban J connectivity index is 1.24. The SMILES string of the molecule is CN[C@H](CC(C)C)C(=O)N[C@H]1C(=O)N[C@@H](CC(N)=O)C(=O)N[C@H]2C(=O)N[C@H]3C(=O)N[C@H](C(=O)N[C@H](C(=O)O)c4cc(O)cc(O)c4-c4cc3ccc4O)[C@H](O[C@H]3C[C@](C)(N)C(=O)[C@H](C)O3)c3ccc(cc3)Oc3cc2cc(c3O[C@@H]2O[C@H](CO)[C@@H](O)[C@H](O)[C@H]2O)Oc2ccc(cc2)[C@H]1O. The summed E-state index contributed by atoms with van der Waals surface area (Å²) >= 11 is 0. The molecule has 528 valence electrons. The molecule has 5 aromatic carbocycles. The number of ether oxygens (including phenoxy) is 6. The van der Waals surface area contributed by atoms with E-state index in [4.69, 9.17) is 39.9 Å². The molecule has 33 heteroatoms. The molecule has 17 atom stereocenters. The first-order valence-corrected chi connectivity index (χ1v) is 31.3. The summed E-state index contributed by atoms with van der Waals surface area (Å²) in [6.45, 7) is 5.51. The number of phenols is 3. The van der Waals surface area contributed by atoms with Crippen LogP contribution in [0.3, 0.4) is 0 Å². The number of nitrogens with two attached hydrogens (primary N) is 2. The molecule has 7 aliphatic rings. The van der Waals surface area contributed by atoms with Gasteiger partial charge in [-0.05, 0) is 110 Å². The second kappa shape index (κ2) is 29.2. The summed E-state index contributed by atoms with van der Waals surface area (Å²) in [6.07, 6.45) is -17.4. The van der Waals surface area contributed by atoms with Crippen molar-refractivity contribution < 1.29 is 118 Å². The Hall–Kier alpha value is -10.1. The first kappa shape index (κ1) is 71.7. The molecule has 0 spiro atoms. The van der Waals surface area contributed by atoms with Gasteiger partial charge in [-0.2, -0.15) is 0 Å². The Bertz CT molecular complexity index is 3970. The largest absolute Gasteiger partial charge is 0.508 e. The molecule has 7 amide bonds. The van der Waals surface area contributed by atoms with Crippen molar-refractivity contribution in [3.63, 3.8) is 0 Å². The van der Waals surface area contributed by atoms with Gasteiger partial charge < -0.3 is 123 Å². The van der Waals surface area contributed by atoms with E-state index in [-0.39, 0.29) is 46.9 Å². The predicted octanol–water partition coefficient (Wildman–Crippen LogP) is -0.992. The number of carboxylic acids is 1. The predicted molar refractivity (Wildman–Crippen MR) is 338 cm³/mol. The number of aliphatic hydroxyl groups is 5. The highest BCUT2D eigenvalue weighted by molar-refractivity contribution is 6.00. The molecular weight excluding hydrogens is 1300 g/mol. The number of ketones is 1. The van der Waals surface area contributed by atoms with Crippen LogP contribution in [-0.4, -0.2) is 186 Å². The molecule has 2 saturated heterocycles. The maximum absolute atomic E-state index is 16.0. The zero-order valence-electron chi connectivity index (χ0n) is 53.6. The molecule has 0 radical (unpaired) electrons. The van der Waals surface area contributed by atoms with Gasteiger partial charge in [-0.15, -0.1) is 0 Å². The number of benzene rings is 5. The van der Waals surface area contributed by atoms with Crippen molar-refractivity contribution >= 4 is 53.1 Å². The van der Waals surface area contributed by atoms with Gasteiger partial charge in [-0.3, -0.25) is 38.4 Å². The maximum atomic E-state index is 16.0. The normalized spacial score (nSPS) is 29.0. The van der Waals surface area contributed by atoms with Crippen LogP contribution in [0.4, 0.5) is 0 Å². The highest BCUT2D eigenvalue weighted by Crippen LogP contribution is 2.48. The van der Waals surface area contributed by atoms with Crippen molar-refractivity contribution in [3.8, 4) is 57.1 Å². The number of nitrogens with one attached hydrogen (secondary N) is 7. The van der Waals surface area contributed by atoms with E-state index >= 15 is 19.2 Å². The Morgan fingerprint density at radius 3 is 1.91 bits per heavy atom. The minimum atomic E-state index is -2.28. The van der Waals surface area contributed by atoms with Crippen LogP contribution in [0, 0.1) is 5.92 Å². The standard InChI is InChI=1S/C66H75N9O24/c1-25(2)16-36(69-5)58(86)74-49-51(81)27-6-11-32(12-7-27)95-40-18-30-19-41(56(40)99-65-54(84)53(83)52(82)42(24-76)97-65)96-33-13-8-28(9-14-33)55(98-44-23-66(4,68)57(85)26(3)94-44)50-63(91)73-48(64(92)93)35-20-31(77)21-39(79)45(35)34-17-29(10-15-38(34)78)46(60(88)75-50)72-61(89)47(30)71-59(87)37(22-43(67)80)70-62(49)90/h6-15,17-21,25-26,36-37,42,44,46-55,65,69,76-79,81-84H,16,22-24,68H2,1-5H3,(H2,67,80)(H,70,90)(H,71,87)(H,72,89)(H,73,91)(H,74,86)(H,75,88)(H,92,93)/t26-,36+,37-,42+,44-,46+,47+,48-,49+,50-,51+,52+,53-,54+,55+,65-,66-/m0/s1. The summed E-state index contributed by atoms with van der Waals surface area (Å²) in [5.41, 5.74) is 8.27. The minimum absolute atomic E-state index is 0.0331. The van der Waals surface area contributed by atoms with Gasteiger partial charge in [0, 0.05) is 29.2 Å². The molecule has 7 aliphatic heterocycles. The van der Waals surface area contributed by atoms with Crippen LogP contribution in [0.15, 0.2) is 91.0 Å². The summed E-state index contributed by atoms with van der Waals surface area (Å²) < 4.78 is 37.8. The van der Waals surface area contributed by atoms with Crippen LogP contribution >= 0.6 is 0 Å². The molecule has 20 N–H and O–H groups in total. The second-order valence-corrected chi connectivity index (χ2v) is 25.2. The third-order valence-electron chi connectivity index (χ3n) is 17.4. The number of Topliss-reactive ketones (excluding diaryl/α,β-unsaturated/α-hetero) is 1. The number of hydrogen-bond donors (Lipinski definition) is 18. The van der Waals surface area contributed by atoms with E-state index in [1.54, 1.807) is 0 Å². The zero-order valence-corrected chi connectivity index (χ0v) is 53.6. The third-order valence-corrected chi connectivity index (χ3v) is 17.4. The Morgan fingerprint density at radius 2 is 1.31 bits per heavy atom. The first-order valence-electron chi connectivity index (χ1n) is 31.3. The number of hydrogen-bond acceptors (Lipinski definition) is 25. The molecule has 0 unspecified atom stereocenters. The van der Waals surface area contributed by atoms with Gasteiger partial charge in [-0.1, -0.05) is 44.2 Å². The highest BCUT2D eigenvalue weighted by Gasteiger charge is 2.49. The lowest BCUT2D eigenvalue weighted by Gasteiger charge is -2.40. The summed E-state index contributed by atoms with van der Waals surface area (Å²) in [4.78, 5) is 131. The summed E-state index contributed by atoms with van der Waals surface area (Å²) in [6, 6.07) is 3.35. The second-order valence-electron chi connectivity index (χ2n) is 25.2. The zero-order chi connectivity index (χ0) is 71.8. The fourth-order valence-corrected chi connectivity index (χ4v) is 12.3. The molecule has 33 nitrogen and oxygen atoms in total. The molecular formula is C66H75N9O24. The molecule has 7 heterocycles. The van der Waals surface area contributed by atoms with Gasteiger partial charge in [0.05, 0.1) is 24.6 Å². The Kier molecular flexibility index (Phi) is 21.1. The fourth-order valence-electron chi connectivity index (χ4n) is 12.3. The number of phenolic OH excluding ortho intramolecular Hbond substituents is 3. The van der Waals surface area contributed by atoms with Crippen molar-refractivity contribution in [1.29, 1.82) is 0 Å². The molecule has 99 heavy (non-hydrogen) atoms. The van der Waals surface area contributed by atoms with Gasteiger partial charge in [0.15, 0.2) is 29.6 Å². The summed E-state index contributed by atoms with van der Waals surface area (Å²) in [7, 11) is 1.49. The number of aliphatic carboxylic acids is 1. The summed E-state index contributed by atoms with van der Waals surface area (Å²) in [5, 5.41) is 119. The Morgan fingerprint density at radius 1 is 0.707 bits per heavy atom. The van der Waals surface area contributed by atoms with Crippen LogP contribution in [0.1, 0.15) is 105 Å². The van der Waals surface area contributed by atoms with Gasteiger partial charge in [-0.25, -0.2) is 4.79 Å². The number of fused-ring (bicyclic) bond motifs is 15. The number of aliphatic hydroxyl groups excluding tert-OH is 5. The van der Waals surface area contributed by atoms with Crippen LogP contribution in [-0.2, 0) is 57.4 Å². The van der Waals surface area contributed by atoms with Crippen LogP contribution in [0.25, 0.3) is 11.1 Å². The van der Waals surface area contributed by atoms with E-state index in [2.05, 4.69) is 37.2 Å². The Labute approximate surface area is 563 Å². The molecule has 12 rings (SSSR count). The van der Waals surface area contributed by atoms with Crippen molar-refractivity contribution in [2.24, 2.45) is 17.4 Å². The minimum Gasteiger partial charge on any atom is -0.508 e. The quantitative estimate of drug-likeness (QED) is 0.0673. The van der Waals surface area contributed by atoms with Crippen molar-refractivity contribution in [3.05, 3.63) is 119 Å². The van der Waals surface area contributed by atoms with E-state index in [1.807, 2.05) is 13.8 Å². The number of amides is 7. The van der Waals surface area contributed by atoms with Crippen LogP contribution in [0.5, 0.6) is 46.0 Å². The lowest BCUT2D eigenvalue weighted by molar-refractivity contribution is -0.277. The van der Waals surface area contributed by atoms with Gasteiger partial charge in [0.25, 0.3) is 0 Å². The van der Waals surface area contributed by atoms with Gasteiger partial charge >= 0.3 is 5.97 Å². The number of primary amides is 1. The van der Waals surface area contributed by atoms with E-state index in [0.29, 0.717) is 0 Å². The number of rotatable bonds is 13. The van der Waals surface area contributed by atoms with E-state index in [1.165, 1.54) is 69.4 Å². The van der Waals surface area contributed by atoms with Crippen LogP contribution in [0.2, 0.25) is 0 Å². The molecule has 2 fully saturated rings. The van der Waals surface area contributed by atoms with Gasteiger partial charge in [0.1, 0.15) is 102 Å². The average molecular weight is 1380 g/mol.